The Morgan fingerprint density at radius 2 is 2.07 bits per heavy atom. The summed E-state index contributed by atoms with van der Waals surface area (Å²) in [5.74, 6) is 1.40. The second-order valence-corrected chi connectivity index (χ2v) is 7.03. The number of likely N-dealkylation sites (tertiary alicyclic amines) is 1. The van der Waals surface area contributed by atoms with Gasteiger partial charge in [0.2, 0.25) is 0 Å². The van der Waals surface area contributed by atoms with Crippen LogP contribution in [0.4, 0.5) is 4.39 Å². The van der Waals surface area contributed by atoms with Gasteiger partial charge in [-0.3, -0.25) is 4.99 Å². The lowest BCUT2D eigenvalue weighted by molar-refractivity contribution is 0.120. The van der Waals surface area contributed by atoms with Crippen LogP contribution in [0, 0.1) is 11.7 Å². The second-order valence-electron chi connectivity index (χ2n) is 7.03. The fourth-order valence-electron chi connectivity index (χ4n) is 3.41. The summed E-state index contributed by atoms with van der Waals surface area (Å²) in [5, 5.41) is 3.47. The molecule has 0 spiro atoms. The molecule has 0 unspecified atom stereocenters. The van der Waals surface area contributed by atoms with Crippen LogP contribution in [0.25, 0.3) is 0 Å². The molecule has 152 valence electrons. The molecule has 1 heterocycles. The smallest absolute Gasteiger partial charge is 0.193 e. The molecule has 1 aromatic rings. The fraction of sp³-hybridized carbons (Fsp3) is 0.650. The van der Waals surface area contributed by atoms with Crippen LogP contribution in [0.2, 0.25) is 0 Å². The maximum absolute atomic E-state index is 13.9. The molecule has 0 aliphatic carbocycles. The van der Waals surface area contributed by atoms with Crippen LogP contribution in [-0.4, -0.2) is 76.9 Å². The van der Waals surface area contributed by atoms with Gasteiger partial charge in [-0.05, 0) is 49.5 Å². The summed E-state index contributed by atoms with van der Waals surface area (Å²) >= 11 is 0. The highest BCUT2D eigenvalue weighted by molar-refractivity contribution is 5.79. The van der Waals surface area contributed by atoms with Gasteiger partial charge >= 0.3 is 0 Å². The van der Waals surface area contributed by atoms with E-state index >= 15 is 0 Å². The molecule has 0 bridgehead atoms. The zero-order chi connectivity index (χ0) is 19.6. The minimum absolute atomic E-state index is 0.265. The summed E-state index contributed by atoms with van der Waals surface area (Å²) in [6.45, 7) is 5.54. The van der Waals surface area contributed by atoms with E-state index < -0.39 is 0 Å². The van der Waals surface area contributed by atoms with Crippen molar-refractivity contribution in [1.29, 1.82) is 0 Å². The highest BCUT2D eigenvalue weighted by Gasteiger charge is 2.19. The molecule has 1 N–H and O–H groups in total. The minimum atomic E-state index is -0.341. The van der Waals surface area contributed by atoms with Crippen LogP contribution in [0.1, 0.15) is 18.4 Å². The van der Waals surface area contributed by atoms with Gasteiger partial charge in [-0.1, -0.05) is 6.07 Å². The average molecular weight is 381 g/mol. The summed E-state index contributed by atoms with van der Waals surface area (Å²) in [7, 11) is 6.96. The number of piperidine rings is 1. The minimum Gasteiger partial charge on any atom is -0.494 e. The van der Waals surface area contributed by atoms with E-state index in [-0.39, 0.29) is 11.6 Å². The van der Waals surface area contributed by atoms with Crippen molar-refractivity contribution in [2.45, 2.75) is 19.4 Å². The molecule has 0 saturated carbocycles. The molecule has 1 aliphatic rings. The van der Waals surface area contributed by atoms with Crippen molar-refractivity contribution < 1.29 is 13.9 Å². The number of nitrogens with zero attached hydrogens (tertiary/aromatic N) is 3. The van der Waals surface area contributed by atoms with Gasteiger partial charge in [-0.15, -0.1) is 0 Å². The Morgan fingerprint density at radius 3 is 2.67 bits per heavy atom. The molecular formula is C20H33FN4O2. The lowest BCUT2D eigenvalue weighted by Crippen LogP contribution is -2.43. The zero-order valence-electron chi connectivity index (χ0n) is 17.0. The largest absolute Gasteiger partial charge is 0.494 e. The van der Waals surface area contributed by atoms with Gasteiger partial charge in [-0.25, -0.2) is 4.39 Å². The molecule has 0 radical (unpaired) electrons. The number of benzene rings is 1. The predicted molar refractivity (Wildman–Crippen MR) is 107 cm³/mol. The van der Waals surface area contributed by atoms with E-state index in [0.717, 1.165) is 44.3 Å². The number of guanidine groups is 1. The first kappa shape index (κ1) is 21.4. The molecule has 27 heavy (non-hydrogen) atoms. The normalized spacial score (nSPS) is 16.4. The third-order valence-electron chi connectivity index (χ3n) is 5.08. The maximum Gasteiger partial charge on any atom is 0.193 e. The molecule has 0 aromatic heterocycles. The van der Waals surface area contributed by atoms with Crippen molar-refractivity contribution in [3.05, 3.63) is 29.6 Å². The standard InChI is InChI=1S/C20H33FN4O2/c1-22-20(23-14-16-7-9-25(10-8-16)11-12-26-3)24(2)15-17-5-6-19(27-4)18(21)13-17/h5-6,13,16H,7-12,14-15H2,1-4H3,(H,22,23). The Morgan fingerprint density at radius 1 is 1.33 bits per heavy atom. The maximum atomic E-state index is 13.9. The molecule has 6 nitrogen and oxygen atoms in total. The third-order valence-corrected chi connectivity index (χ3v) is 5.08. The van der Waals surface area contributed by atoms with E-state index in [1.165, 1.54) is 26.0 Å². The molecule has 0 atom stereocenters. The number of rotatable bonds is 8. The van der Waals surface area contributed by atoms with Crippen LogP contribution in [-0.2, 0) is 11.3 Å². The Hall–Kier alpha value is -1.86. The van der Waals surface area contributed by atoms with E-state index in [1.54, 1.807) is 20.2 Å². The van der Waals surface area contributed by atoms with Crippen LogP contribution < -0.4 is 10.1 Å². The van der Waals surface area contributed by atoms with E-state index in [9.17, 15) is 4.39 Å². The molecule has 1 aliphatic heterocycles. The lowest BCUT2D eigenvalue weighted by Gasteiger charge is -2.32. The average Bonchev–Trinajstić information content (AvgIpc) is 2.68. The summed E-state index contributed by atoms with van der Waals surface area (Å²) < 4.78 is 24.0. The Bertz CT molecular complexity index is 604. The monoisotopic (exact) mass is 380 g/mol. The number of hydrogen-bond acceptors (Lipinski definition) is 4. The zero-order valence-corrected chi connectivity index (χ0v) is 17.0. The van der Waals surface area contributed by atoms with E-state index in [0.29, 0.717) is 12.5 Å². The Balaban J connectivity index is 1.79. The molecule has 1 fully saturated rings. The highest BCUT2D eigenvalue weighted by Crippen LogP contribution is 2.19. The van der Waals surface area contributed by atoms with Gasteiger partial charge in [0.05, 0.1) is 13.7 Å². The summed E-state index contributed by atoms with van der Waals surface area (Å²) in [5.41, 5.74) is 0.880. The lowest BCUT2D eigenvalue weighted by atomic mass is 9.97. The van der Waals surface area contributed by atoms with Gasteiger partial charge in [-0.2, -0.15) is 0 Å². The van der Waals surface area contributed by atoms with Crippen LogP contribution in [0.15, 0.2) is 23.2 Å². The highest BCUT2D eigenvalue weighted by atomic mass is 19.1. The Labute approximate surface area is 162 Å². The van der Waals surface area contributed by atoms with E-state index in [1.807, 2.05) is 18.0 Å². The van der Waals surface area contributed by atoms with E-state index in [2.05, 4.69) is 15.2 Å². The second kappa shape index (κ2) is 11.1. The number of ether oxygens (including phenoxy) is 2. The van der Waals surface area contributed by atoms with Gasteiger partial charge in [0.25, 0.3) is 0 Å². The quantitative estimate of drug-likeness (QED) is 0.554. The van der Waals surface area contributed by atoms with E-state index in [4.69, 9.17) is 9.47 Å². The summed E-state index contributed by atoms with van der Waals surface area (Å²) in [4.78, 5) is 8.83. The van der Waals surface area contributed by atoms with Gasteiger partial charge in [0, 0.05) is 40.8 Å². The summed E-state index contributed by atoms with van der Waals surface area (Å²) in [6.07, 6.45) is 2.36. The first-order valence-corrected chi connectivity index (χ1v) is 9.52. The fourth-order valence-corrected chi connectivity index (χ4v) is 3.41. The predicted octanol–water partition coefficient (Wildman–Crippen LogP) is 2.20. The first-order valence-electron chi connectivity index (χ1n) is 9.52. The van der Waals surface area contributed by atoms with Crippen LogP contribution >= 0.6 is 0 Å². The van der Waals surface area contributed by atoms with Gasteiger partial charge in [0.1, 0.15) is 0 Å². The number of aliphatic imine (C=N–C) groups is 1. The van der Waals surface area contributed by atoms with Crippen molar-refractivity contribution in [1.82, 2.24) is 15.1 Å². The van der Waals surface area contributed by atoms with Gasteiger partial charge < -0.3 is 24.6 Å². The van der Waals surface area contributed by atoms with Gasteiger partial charge in [0.15, 0.2) is 17.5 Å². The third kappa shape index (κ3) is 6.66. The van der Waals surface area contributed by atoms with Crippen molar-refractivity contribution >= 4 is 5.96 Å². The number of halogens is 1. The molecule has 0 amide bonds. The number of nitrogens with one attached hydrogen (secondary N) is 1. The van der Waals surface area contributed by atoms with Crippen molar-refractivity contribution in [3.8, 4) is 5.75 Å². The number of methoxy groups -OCH3 is 2. The SMILES string of the molecule is CN=C(NCC1CCN(CCOC)CC1)N(C)Cc1ccc(OC)c(F)c1. The molecule has 2 rings (SSSR count). The van der Waals surface area contributed by atoms with Crippen molar-refractivity contribution in [3.63, 3.8) is 0 Å². The first-order chi connectivity index (χ1) is 13.1. The Kier molecular flexibility index (Phi) is 8.81. The molecular weight excluding hydrogens is 347 g/mol. The topological polar surface area (TPSA) is 49.3 Å². The van der Waals surface area contributed by atoms with Crippen molar-refractivity contribution in [2.24, 2.45) is 10.9 Å². The molecule has 1 aromatic carbocycles. The number of hydrogen-bond donors (Lipinski definition) is 1. The van der Waals surface area contributed by atoms with Crippen LogP contribution in [0.3, 0.4) is 0 Å². The van der Waals surface area contributed by atoms with Crippen LogP contribution in [0.5, 0.6) is 5.75 Å². The summed E-state index contributed by atoms with van der Waals surface area (Å²) in [6, 6.07) is 5.05. The van der Waals surface area contributed by atoms with Crippen molar-refractivity contribution in [2.75, 3.05) is 61.1 Å². The molecule has 1 saturated heterocycles. The molecule has 7 heteroatoms.